The maximum atomic E-state index is 12.0. The highest BCUT2D eigenvalue weighted by molar-refractivity contribution is 7.89. The van der Waals surface area contributed by atoms with Crippen LogP contribution in [0.15, 0.2) is 29.2 Å². The van der Waals surface area contributed by atoms with E-state index in [1.54, 1.807) is 12.1 Å². The molecule has 0 unspecified atom stereocenters. The largest absolute Gasteiger partial charge is 0.323 e. The standard InChI is InChI=1S/C9H16N4O4S2/c1-18(14,15)11-6-7-12-19(16,17)9-5-3-2-4-8(9)13-10/h2-5,11-13H,6-7,10H2,1H3. The van der Waals surface area contributed by atoms with Gasteiger partial charge in [0.05, 0.1) is 11.9 Å². The summed E-state index contributed by atoms with van der Waals surface area (Å²) in [5.41, 5.74) is 2.54. The van der Waals surface area contributed by atoms with Crippen LogP contribution in [0, 0.1) is 0 Å². The van der Waals surface area contributed by atoms with Crippen LogP contribution in [-0.2, 0) is 20.0 Å². The van der Waals surface area contributed by atoms with Crippen molar-refractivity contribution in [1.82, 2.24) is 9.44 Å². The first-order valence-electron chi connectivity index (χ1n) is 5.26. The lowest BCUT2D eigenvalue weighted by Crippen LogP contribution is -2.34. The number of hydrogen-bond acceptors (Lipinski definition) is 6. The molecule has 0 aliphatic carbocycles. The number of hydrazine groups is 1. The van der Waals surface area contributed by atoms with Gasteiger partial charge in [0.15, 0.2) is 0 Å². The topological polar surface area (TPSA) is 130 Å². The number of rotatable bonds is 7. The van der Waals surface area contributed by atoms with E-state index in [2.05, 4.69) is 14.9 Å². The number of anilines is 1. The highest BCUT2D eigenvalue weighted by Crippen LogP contribution is 2.18. The van der Waals surface area contributed by atoms with E-state index < -0.39 is 20.0 Å². The summed E-state index contributed by atoms with van der Waals surface area (Å²) in [5, 5.41) is 0. The fraction of sp³-hybridized carbons (Fsp3) is 0.333. The molecule has 1 rings (SSSR count). The molecule has 1 aromatic carbocycles. The summed E-state index contributed by atoms with van der Waals surface area (Å²) in [4.78, 5) is -0.00291. The second kappa shape index (κ2) is 6.30. The molecule has 0 fully saturated rings. The van der Waals surface area contributed by atoms with E-state index in [4.69, 9.17) is 5.84 Å². The average molecular weight is 308 g/mol. The molecule has 5 N–H and O–H groups in total. The first-order chi connectivity index (χ1) is 8.76. The van der Waals surface area contributed by atoms with Crippen molar-refractivity contribution in [3.8, 4) is 0 Å². The molecule has 1 aromatic rings. The first kappa shape index (κ1) is 15.9. The number of nitrogen functional groups attached to an aromatic ring is 1. The number of para-hydroxylation sites is 1. The number of nitrogens with one attached hydrogen (secondary N) is 3. The Kier molecular flexibility index (Phi) is 5.26. The monoisotopic (exact) mass is 308 g/mol. The van der Waals surface area contributed by atoms with E-state index in [0.29, 0.717) is 0 Å². The molecule has 0 saturated heterocycles. The predicted octanol–water partition coefficient (Wildman–Crippen LogP) is -1.20. The van der Waals surface area contributed by atoms with Crippen LogP contribution >= 0.6 is 0 Å². The van der Waals surface area contributed by atoms with Gasteiger partial charge >= 0.3 is 0 Å². The van der Waals surface area contributed by atoms with Crippen LogP contribution in [0.1, 0.15) is 0 Å². The fourth-order valence-electron chi connectivity index (χ4n) is 1.32. The van der Waals surface area contributed by atoms with E-state index in [1.807, 2.05) is 0 Å². The molecule has 108 valence electrons. The molecule has 0 amide bonds. The Morgan fingerprint density at radius 2 is 1.63 bits per heavy atom. The van der Waals surface area contributed by atoms with Gasteiger partial charge in [0.1, 0.15) is 4.90 Å². The minimum atomic E-state index is -3.75. The third-order valence-electron chi connectivity index (χ3n) is 2.11. The van der Waals surface area contributed by atoms with Gasteiger partial charge in [0.25, 0.3) is 0 Å². The van der Waals surface area contributed by atoms with Crippen molar-refractivity contribution in [1.29, 1.82) is 0 Å². The molecule has 0 atom stereocenters. The Morgan fingerprint density at radius 1 is 1.05 bits per heavy atom. The van der Waals surface area contributed by atoms with E-state index in [0.717, 1.165) is 6.26 Å². The zero-order valence-corrected chi connectivity index (χ0v) is 11.9. The molecule has 0 saturated carbocycles. The summed E-state index contributed by atoms with van der Waals surface area (Å²) in [5.74, 6) is 5.23. The lowest BCUT2D eigenvalue weighted by Gasteiger charge is -2.10. The van der Waals surface area contributed by atoms with Crippen LogP contribution in [0.2, 0.25) is 0 Å². The molecule has 0 aliphatic rings. The molecule has 8 nitrogen and oxygen atoms in total. The minimum Gasteiger partial charge on any atom is -0.323 e. The first-order valence-corrected chi connectivity index (χ1v) is 8.63. The van der Waals surface area contributed by atoms with Crippen LogP contribution in [-0.4, -0.2) is 36.2 Å². The highest BCUT2D eigenvalue weighted by atomic mass is 32.2. The average Bonchev–Trinajstić information content (AvgIpc) is 2.33. The molecular formula is C9H16N4O4S2. The van der Waals surface area contributed by atoms with Gasteiger partial charge in [-0.05, 0) is 12.1 Å². The molecule has 19 heavy (non-hydrogen) atoms. The van der Waals surface area contributed by atoms with Crippen molar-refractivity contribution >= 4 is 25.7 Å². The summed E-state index contributed by atoms with van der Waals surface area (Å²) in [6.07, 6.45) is 0.995. The van der Waals surface area contributed by atoms with Crippen LogP contribution in [0.3, 0.4) is 0 Å². The second-order valence-corrected chi connectivity index (χ2v) is 7.27. The Balaban J connectivity index is 2.71. The Bertz CT molecular complexity index is 627. The molecule has 0 heterocycles. The lowest BCUT2D eigenvalue weighted by molar-refractivity contribution is 0.573. The van der Waals surface area contributed by atoms with E-state index in [9.17, 15) is 16.8 Å². The lowest BCUT2D eigenvalue weighted by atomic mass is 10.3. The Morgan fingerprint density at radius 3 is 2.21 bits per heavy atom. The van der Waals surface area contributed by atoms with Gasteiger partial charge in [-0.2, -0.15) is 0 Å². The summed E-state index contributed by atoms with van der Waals surface area (Å²) < 4.78 is 50.0. The van der Waals surface area contributed by atoms with Crippen LogP contribution in [0.25, 0.3) is 0 Å². The zero-order valence-electron chi connectivity index (χ0n) is 10.3. The third kappa shape index (κ3) is 5.12. The zero-order chi connectivity index (χ0) is 14.5. The van der Waals surface area contributed by atoms with Crippen LogP contribution in [0.4, 0.5) is 5.69 Å². The molecule has 0 radical (unpaired) electrons. The third-order valence-corrected chi connectivity index (χ3v) is 4.36. The van der Waals surface area contributed by atoms with Crippen molar-refractivity contribution < 1.29 is 16.8 Å². The summed E-state index contributed by atoms with van der Waals surface area (Å²) in [7, 11) is -7.08. The number of benzene rings is 1. The van der Waals surface area contributed by atoms with Gasteiger partial charge in [-0.3, -0.25) is 5.84 Å². The number of nitrogens with two attached hydrogens (primary N) is 1. The van der Waals surface area contributed by atoms with Gasteiger partial charge in [0.2, 0.25) is 20.0 Å². The van der Waals surface area contributed by atoms with Gasteiger partial charge in [-0.25, -0.2) is 26.3 Å². The van der Waals surface area contributed by atoms with Crippen molar-refractivity contribution in [2.45, 2.75) is 4.90 Å². The SMILES string of the molecule is CS(=O)(=O)NCCNS(=O)(=O)c1ccccc1NN. The fourth-order valence-corrected chi connectivity index (χ4v) is 2.99. The normalized spacial score (nSPS) is 12.3. The summed E-state index contributed by atoms with van der Waals surface area (Å²) in [6.45, 7) is -0.0927. The molecule has 0 spiro atoms. The molecule has 10 heteroatoms. The van der Waals surface area contributed by atoms with Crippen molar-refractivity contribution in [3.63, 3.8) is 0 Å². The van der Waals surface area contributed by atoms with Gasteiger partial charge in [-0.1, -0.05) is 12.1 Å². The molecular weight excluding hydrogens is 292 g/mol. The van der Waals surface area contributed by atoms with Crippen molar-refractivity contribution in [2.24, 2.45) is 5.84 Å². The smallest absolute Gasteiger partial charge is 0.242 e. The van der Waals surface area contributed by atoms with Crippen molar-refractivity contribution in [2.75, 3.05) is 24.8 Å². The quantitative estimate of drug-likeness (QED) is 0.284. The summed E-state index contributed by atoms with van der Waals surface area (Å²) in [6, 6.07) is 6.11. The van der Waals surface area contributed by atoms with Gasteiger partial charge < -0.3 is 5.43 Å². The minimum absolute atomic E-state index is 0.00291. The van der Waals surface area contributed by atoms with E-state index >= 15 is 0 Å². The van der Waals surface area contributed by atoms with E-state index in [-0.39, 0.29) is 23.7 Å². The van der Waals surface area contributed by atoms with Gasteiger partial charge in [0, 0.05) is 13.1 Å². The van der Waals surface area contributed by atoms with Gasteiger partial charge in [-0.15, -0.1) is 0 Å². The Labute approximate surface area is 112 Å². The number of hydrogen-bond donors (Lipinski definition) is 4. The molecule has 0 aliphatic heterocycles. The molecule has 0 bridgehead atoms. The predicted molar refractivity (Wildman–Crippen MR) is 72.3 cm³/mol. The summed E-state index contributed by atoms with van der Waals surface area (Å²) >= 11 is 0. The second-order valence-electron chi connectivity index (χ2n) is 3.70. The maximum Gasteiger partial charge on any atom is 0.242 e. The van der Waals surface area contributed by atoms with Crippen molar-refractivity contribution in [3.05, 3.63) is 24.3 Å². The maximum absolute atomic E-state index is 12.0. The van der Waals surface area contributed by atoms with Crippen LogP contribution < -0.4 is 20.7 Å². The number of sulfonamides is 2. The van der Waals surface area contributed by atoms with Crippen LogP contribution in [0.5, 0.6) is 0 Å². The Hall–Kier alpha value is -1.20. The van der Waals surface area contributed by atoms with E-state index in [1.165, 1.54) is 12.1 Å². The molecule has 0 aromatic heterocycles. The highest BCUT2D eigenvalue weighted by Gasteiger charge is 2.17.